The van der Waals surface area contributed by atoms with Gasteiger partial charge in [0.15, 0.2) is 0 Å². The molecular weight excluding hydrogens is 379 g/mol. The Balaban J connectivity index is 2.48. The maximum Gasteiger partial charge on any atom is 0.407 e. The predicted octanol–water partition coefficient (Wildman–Crippen LogP) is 3.96. The first-order valence-corrected chi connectivity index (χ1v) is 9.10. The average Bonchev–Trinajstić information content (AvgIpc) is 2.69. The van der Waals surface area contributed by atoms with Crippen molar-refractivity contribution in [1.29, 1.82) is 0 Å². The zero-order chi connectivity index (χ0) is 19.6. The molecule has 1 saturated heterocycles. The van der Waals surface area contributed by atoms with Crippen molar-refractivity contribution in [2.24, 2.45) is 5.41 Å². The van der Waals surface area contributed by atoms with Crippen LogP contribution in [0.3, 0.4) is 0 Å². The van der Waals surface area contributed by atoms with Gasteiger partial charge in [0.1, 0.15) is 6.10 Å². The Labute approximate surface area is 163 Å². The van der Waals surface area contributed by atoms with Crippen LogP contribution in [-0.2, 0) is 9.53 Å². The fourth-order valence-electron chi connectivity index (χ4n) is 2.94. The highest BCUT2D eigenvalue weighted by Crippen LogP contribution is 2.36. The van der Waals surface area contributed by atoms with Gasteiger partial charge in [-0.1, -0.05) is 50.0 Å². The van der Waals surface area contributed by atoms with Crippen molar-refractivity contribution in [3.63, 3.8) is 0 Å². The van der Waals surface area contributed by atoms with Crippen LogP contribution in [0, 0.1) is 5.41 Å². The van der Waals surface area contributed by atoms with Gasteiger partial charge < -0.3 is 20.1 Å². The second kappa shape index (κ2) is 8.03. The summed E-state index contributed by atoms with van der Waals surface area (Å²) in [5.41, 5.74) is 0.437. The fraction of sp³-hybridized carbons (Fsp3) is 0.556. The molecule has 2 N–H and O–H groups in total. The molecule has 1 aliphatic rings. The number of amides is 2. The molecule has 0 saturated carbocycles. The van der Waals surface area contributed by atoms with E-state index >= 15 is 0 Å². The normalized spacial score (nSPS) is 24.1. The summed E-state index contributed by atoms with van der Waals surface area (Å²) in [4.78, 5) is 24.7. The third-order valence-electron chi connectivity index (χ3n) is 4.38. The van der Waals surface area contributed by atoms with Crippen LogP contribution >= 0.6 is 23.2 Å². The largest absolute Gasteiger partial charge is 0.465 e. The summed E-state index contributed by atoms with van der Waals surface area (Å²) >= 11 is 12.2. The van der Waals surface area contributed by atoms with Gasteiger partial charge in [-0.25, -0.2) is 4.79 Å². The molecular formula is C18H24Cl2N2O4. The van der Waals surface area contributed by atoms with Gasteiger partial charge in [-0.3, -0.25) is 4.79 Å². The lowest BCUT2D eigenvalue weighted by Crippen LogP contribution is -2.46. The third kappa shape index (κ3) is 5.02. The third-order valence-corrected chi connectivity index (χ3v) is 5.12. The summed E-state index contributed by atoms with van der Waals surface area (Å²) < 4.78 is 6.33. The molecule has 8 heteroatoms. The van der Waals surface area contributed by atoms with Gasteiger partial charge in [-0.2, -0.15) is 0 Å². The molecule has 1 aromatic carbocycles. The molecule has 1 unspecified atom stereocenters. The van der Waals surface area contributed by atoms with E-state index in [1.54, 1.807) is 18.2 Å². The highest BCUT2D eigenvalue weighted by atomic mass is 35.5. The molecule has 0 spiro atoms. The molecule has 26 heavy (non-hydrogen) atoms. The molecule has 1 aliphatic heterocycles. The second-order valence-corrected chi connectivity index (χ2v) is 8.39. The Kier molecular flexibility index (Phi) is 6.42. The smallest absolute Gasteiger partial charge is 0.407 e. The van der Waals surface area contributed by atoms with Crippen molar-refractivity contribution >= 4 is 35.2 Å². The van der Waals surface area contributed by atoms with E-state index in [0.717, 1.165) is 5.56 Å². The lowest BCUT2D eigenvalue weighted by molar-refractivity contribution is -0.122. The first kappa shape index (κ1) is 20.8. The van der Waals surface area contributed by atoms with E-state index in [2.05, 4.69) is 5.32 Å². The van der Waals surface area contributed by atoms with E-state index in [0.29, 0.717) is 10.0 Å². The first-order chi connectivity index (χ1) is 12.0. The van der Waals surface area contributed by atoms with Gasteiger partial charge in [0.2, 0.25) is 5.91 Å². The van der Waals surface area contributed by atoms with Gasteiger partial charge in [0.25, 0.3) is 0 Å². The van der Waals surface area contributed by atoms with Crippen LogP contribution in [0.1, 0.15) is 39.4 Å². The molecule has 1 heterocycles. The van der Waals surface area contributed by atoms with Crippen LogP contribution in [0.15, 0.2) is 18.2 Å². The summed E-state index contributed by atoms with van der Waals surface area (Å²) in [5, 5.41) is 13.2. The van der Waals surface area contributed by atoms with E-state index in [-0.39, 0.29) is 30.5 Å². The lowest BCUT2D eigenvalue weighted by atomic mass is 9.88. The van der Waals surface area contributed by atoms with Gasteiger partial charge in [-0.15, -0.1) is 0 Å². The summed E-state index contributed by atoms with van der Waals surface area (Å²) in [6, 6.07) is 4.59. The van der Waals surface area contributed by atoms with Crippen molar-refractivity contribution in [3.8, 4) is 0 Å². The van der Waals surface area contributed by atoms with Crippen molar-refractivity contribution in [2.45, 2.75) is 45.9 Å². The Morgan fingerprint density at radius 3 is 2.38 bits per heavy atom. The van der Waals surface area contributed by atoms with E-state index in [1.165, 1.54) is 11.8 Å². The SMILES string of the molecule is CC(=O)N[C@@H]1CN(C(=O)O)CC(C(C)(C)C)O[C@H]1c1ccc(Cl)c(Cl)c1. The van der Waals surface area contributed by atoms with Crippen LogP contribution in [0.2, 0.25) is 10.0 Å². The van der Waals surface area contributed by atoms with E-state index in [9.17, 15) is 14.7 Å². The number of rotatable bonds is 2. The Morgan fingerprint density at radius 1 is 1.23 bits per heavy atom. The number of carbonyl (C=O) groups is 2. The Hall–Kier alpha value is -1.50. The van der Waals surface area contributed by atoms with Crippen LogP contribution in [0.5, 0.6) is 0 Å². The van der Waals surface area contributed by atoms with Crippen LogP contribution in [0.25, 0.3) is 0 Å². The van der Waals surface area contributed by atoms with Crippen LogP contribution in [-0.4, -0.2) is 47.2 Å². The van der Waals surface area contributed by atoms with E-state index < -0.39 is 18.2 Å². The van der Waals surface area contributed by atoms with Gasteiger partial charge in [0, 0.05) is 13.5 Å². The number of hydrogen-bond acceptors (Lipinski definition) is 3. The molecule has 0 aliphatic carbocycles. The molecule has 1 fully saturated rings. The zero-order valence-electron chi connectivity index (χ0n) is 15.3. The van der Waals surface area contributed by atoms with E-state index in [4.69, 9.17) is 27.9 Å². The summed E-state index contributed by atoms with van der Waals surface area (Å²) in [6.45, 7) is 7.69. The number of hydrogen-bond donors (Lipinski definition) is 2. The summed E-state index contributed by atoms with van der Waals surface area (Å²) in [7, 11) is 0. The van der Waals surface area contributed by atoms with Gasteiger partial charge >= 0.3 is 6.09 Å². The fourth-order valence-corrected chi connectivity index (χ4v) is 3.25. The number of benzene rings is 1. The number of halogens is 2. The molecule has 1 aromatic rings. The topological polar surface area (TPSA) is 78.9 Å². The molecule has 0 radical (unpaired) electrons. The lowest BCUT2D eigenvalue weighted by Gasteiger charge is -2.34. The van der Waals surface area contributed by atoms with E-state index in [1.807, 2.05) is 20.8 Å². The quantitative estimate of drug-likeness (QED) is 0.784. The molecule has 0 bridgehead atoms. The van der Waals surface area contributed by atoms with Crippen molar-refractivity contribution in [1.82, 2.24) is 10.2 Å². The molecule has 3 atom stereocenters. The highest BCUT2D eigenvalue weighted by Gasteiger charge is 2.40. The monoisotopic (exact) mass is 402 g/mol. The first-order valence-electron chi connectivity index (χ1n) is 8.34. The number of carboxylic acid groups (broad SMARTS) is 1. The second-order valence-electron chi connectivity index (χ2n) is 7.58. The van der Waals surface area contributed by atoms with Crippen LogP contribution in [0.4, 0.5) is 4.79 Å². The summed E-state index contributed by atoms with van der Waals surface area (Å²) in [5.74, 6) is -0.261. The van der Waals surface area contributed by atoms with Gasteiger partial charge in [0.05, 0.1) is 28.7 Å². The molecule has 2 amide bonds. The number of nitrogens with one attached hydrogen (secondary N) is 1. The maximum absolute atomic E-state index is 11.7. The number of ether oxygens (including phenoxy) is 1. The number of nitrogens with zero attached hydrogens (tertiary/aromatic N) is 1. The summed E-state index contributed by atoms with van der Waals surface area (Å²) in [6.07, 6.45) is -1.97. The predicted molar refractivity (Wildman–Crippen MR) is 101 cm³/mol. The Bertz CT molecular complexity index is 690. The van der Waals surface area contributed by atoms with Crippen molar-refractivity contribution < 1.29 is 19.4 Å². The van der Waals surface area contributed by atoms with Crippen molar-refractivity contribution in [3.05, 3.63) is 33.8 Å². The highest BCUT2D eigenvalue weighted by molar-refractivity contribution is 6.42. The maximum atomic E-state index is 11.7. The van der Waals surface area contributed by atoms with Gasteiger partial charge in [-0.05, 0) is 23.1 Å². The Morgan fingerprint density at radius 2 is 1.88 bits per heavy atom. The standard InChI is InChI=1S/C18H24Cl2N2O4/c1-10(23)21-14-8-22(17(24)25)9-15(18(2,3)4)26-16(14)11-5-6-12(19)13(20)7-11/h5-7,14-16H,8-9H2,1-4H3,(H,21,23)(H,24,25)/t14-,15?,16+/m1/s1. The zero-order valence-corrected chi connectivity index (χ0v) is 16.8. The number of carbonyl (C=O) groups excluding carboxylic acids is 1. The van der Waals surface area contributed by atoms with Crippen molar-refractivity contribution in [2.75, 3.05) is 13.1 Å². The molecule has 144 valence electrons. The molecule has 2 rings (SSSR count). The minimum absolute atomic E-state index is 0.117. The molecule has 0 aromatic heterocycles. The minimum atomic E-state index is -1.05. The average molecular weight is 403 g/mol. The minimum Gasteiger partial charge on any atom is -0.465 e. The van der Waals surface area contributed by atoms with Crippen LogP contribution < -0.4 is 5.32 Å². The molecule has 6 nitrogen and oxygen atoms in total.